The first-order valence-corrected chi connectivity index (χ1v) is 4.44. The summed E-state index contributed by atoms with van der Waals surface area (Å²) in [6.07, 6.45) is 0. The van der Waals surface area contributed by atoms with E-state index in [9.17, 15) is 18.9 Å². The van der Waals surface area contributed by atoms with Crippen LogP contribution in [-0.2, 0) is 0 Å². The highest BCUT2D eigenvalue weighted by molar-refractivity contribution is 7.18. The zero-order chi connectivity index (χ0) is 10.3. The molecule has 2 aromatic rings. The number of nitrogens with zero attached hydrogens (tertiary/aromatic N) is 1. The van der Waals surface area contributed by atoms with Crippen molar-refractivity contribution in [3.05, 3.63) is 39.3 Å². The molecule has 1 aromatic heterocycles. The third-order valence-corrected chi connectivity index (χ3v) is 2.71. The van der Waals surface area contributed by atoms with E-state index in [1.165, 1.54) is 12.1 Å². The maximum Gasteiger partial charge on any atom is 0.326 e. The molecule has 0 radical (unpaired) electrons. The summed E-state index contributed by atoms with van der Waals surface area (Å²) in [6.45, 7) is 0. The van der Waals surface area contributed by atoms with Crippen molar-refractivity contribution in [2.45, 2.75) is 0 Å². The minimum atomic E-state index is -0.963. The summed E-state index contributed by atoms with van der Waals surface area (Å²) in [5.41, 5.74) is -0.775. The van der Waals surface area contributed by atoms with Gasteiger partial charge >= 0.3 is 5.69 Å². The third kappa shape index (κ3) is 1.15. The second kappa shape index (κ2) is 2.98. The van der Waals surface area contributed by atoms with Gasteiger partial charge in [0.1, 0.15) is 11.2 Å². The fraction of sp³-hybridized carbons (Fsp3) is 0. The zero-order valence-electron chi connectivity index (χ0n) is 6.66. The van der Waals surface area contributed by atoms with E-state index in [1.54, 1.807) is 0 Å². The van der Waals surface area contributed by atoms with Gasteiger partial charge in [0.15, 0.2) is 0 Å². The summed E-state index contributed by atoms with van der Waals surface area (Å²) in [5, 5.41) is 9.24. The van der Waals surface area contributed by atoms with Crippen LogP contribution in [0.5, 0.6) is 0 Å². The van der Waals surface area contributed by atoms with Gasteiger partial charge in [0.2, 0.25) is 0 Å². The summed E-state index contributed by atoms with van der Waals surface area (Å²) < 4.78 is 26.4. The summed E-state index contributed by atoms with van der Waals surface area (Å²) in [4.78, 5) is 9.55. The SMILES string of the molecule is O=[N+]([O-])c1c(F)sc2cccc(F)c12. The molecule has 0 bridgehead atoms. The number of halogens is 2. The van der Waals surface area contributed by atoms with Gasteiger partial charge in [-0.1, -0.05) is 17.4 Å². The lowest BCUT2D eigenvalue weighted by Crippen LogP contribution is -1.89. The first kappa shape index (κ1) is 9.01. The second-order valence-corrected chi connectivity index (χ2v) is 3.60. The van der Waals surface area contributed by atoms with Gasteiger partial charge in [-0.2, -0.15) is 4.39 Å². The third-order valence-electron chi connectivity index (χ3n) is 1.78. The molecule has 1 heterocycles. The number of thiophene rings is 1. The molecule has 72 valence electrons. The fourth-order valence-corrected chi connectivity index (χ4v) is 2.13. The second-order valence-electron chi connectivity index (χ2n) is 2.59. The molecule has 0 aliphatic rings. The van der Waals surface area contributed by atoms with Crippen molar-refractivity contribution in [1.29, 1.82) is 0 Å². The molecule has 14 heavy (non-hydrogen) atoms. The van der Waals surface area contributed by atoms with Crippen LogP contribution in [-0.4, -0.2) is 4.92 Å². The molecule has 0 aliphatic heterocycles. The maximum atomic E-state index is 13.2. The minimum Gasteiger partial charge on any atom is -0.258 e. The van der Waals surface area contributed by atoms with Gasteiger partial charge in [-0.25, -0.2) is 4.39 Å². The van der Waals surface area contributed by atoms with Gasteiger partial charge in [-0.3, -0.25) is 10.1 Å². The van der Waals surface area contributed by atoms with Crippen LogP contribution in [0.2, 0.25) is 0 Å². The Bertz CT molecular complexity index is 523. The summed E-state index contributed by atoms with van der Waals surface area (Å²) >= 11 is 0.573. The molecule has 0 aliphatic carbocycles. The Morgan fingerprint density at radius 3 is 2.71 bits per heavy atom. The van der Waals surface area contributed by atoms with Crippen LogP contribution in [0.4, 0.5) is 14.5 Å². The predicted octanol–water partition coefficient (Wildman–Crippen LogP) is 3.09. The van der Waals surface area contributed by atoms with Gasteiger partial charge < -0.3 is 0 Å². The van der Waals surface area contributed by atoms with E-state index in [4.69, 9.17) is 0 Å². The molecule has 0 amide bonds. The van der Waals surface area contributed by atoms with Gasteiger partial charge in [0.25, 0.3) is 5.13 Å². The minimum absolute atomic E-state index is 0.245. The van der Waals surface area contributed by atoms with E-state index in [1.807, 2.05) is 0 Å². The summed E-state index contributed by atoms with van der Waals surface area (Å²) in [5.74, 6) is -0.769. The summed E-state index contributed by atoms with van der Waals surface area (Å²) in [7, 11) is 0. The van der Waals surface area contributed by atoms with E-state index in [0.29, 0.717) is 11.3 Å². The molecular formula is C8H3F2NO2S. The average Bonchev–Trinajstić information content (AvgIpc) is 2.42. The Morgan fingerprint density at radius 2 is 2.07 bits per heavy atom. The first-order chi connectivity index (χ1) is 6.61. The molecule has 1 aromatic carbocycles. The number of hydrogen-bond donors (Lipinski definition) is 0. The Labute approximate surface area is 80.7 Å². The lowest BCUT2D eigenvalue weighted by atomic mass is 10.2. The molecule has 0 saturated carbocycles. The predicted molar refractivity (Wildman–Crippen MR) is 48.4 cm³/mol. The van der Waals surface area contributed by atoms with Crippen LogP contribution in [0.1, 0.15) is 0 Å². The van der Waals surface area contributed by atoms with Gasteiger partial charge in [-0.05, 0) is 12.1 Å². The highest BCUT2D eigenvalue weighted by atomic mass is 32.1. The Hall–Kier alpha value is -1.56. The van der Waals surface area contributed by atoms with Crippen molar-refractivity contribution < 1.29 is 13.7 Å². The van der Waals surface area contributed by atoms with E-state index < -0.39 is 21.6 Å². The quantitative estimate of drug-likeness (QED) is 0.542. The largest absolute Gasteiger partial charge is 0.326 e. The molecular weight excluding hydrogens is 212 g/mol. The lowest BCUT2D eigenvalue weighted by Gasteiger charge is -1.91. The number of hydrogen-bond acceptors (Lipinski definition) is 3. The lowest BCUT2D eigenvalue weighted by molar-refractivity contribution is -0.385. The van der Waals surface area contributed by atoms with E-state index in [2.05, 4.69) is 0 Å². The average molecular weight is 215 g/mol. The highest BCUT2D eigenvalue weighted by Crippen LogP contribution is 2.37. The fourth-order valence-electron chi connectivity index (χ4n) is 1.23. The topological polar surface area (TPSA) is 43.1 Å². The number of rotatable bonds is 1. The van der Waals surface area contributed by atoms with Crippen LogP contribution in [0.15, 0.2) is 18.2 Å². The highest BCUT2D eigenvalue weighted by Gasteiger charge is 2.24. The van der Waals surface area contributed by atoms with Crippen molar-refractivity contribution in [3.8, 4) is 0 Å². The molecule has 3 nitrogen and oxygen atoms in total. The van der Waals surface area contributed by atoms with Crippen LogP contribution < -0.4 is 0 Å². The van der Waals surface area contributed by atoms with Crippen molar-refractivity contribution in [2.24, 2.45) is 0 Å². The van der Waals surface area contributed by atoms with Crippen LogP contribution >= 0.6 is 11.3 Å². The Kier molecular flexibility index (Phi) is 1.92. The van der Waals surface area contributed by atoms with Crippen molar-refractivity contribution in [3.63, 3.8) is 0 Å². The molecule has 0 fully saturated rings. The standard InChI is InChI=1S/C8H3F2NO2S/c9-4-2-1-3-5-6(4)7(11(12)13)8(10)14-5/h1-3H. The molecule has 0 unspecified atom stereocenters. The molecule has 0 atom stereocenters. The van der Waals surface area contributed by atoms with Gasteiger partial charge in [-0.15, -0.1) is 0 Å². The molecule has 0 N–H and O–H groups in total. The maximum absolute atomic E-state index is 13.2. The zero-order valence-corrected chi connectivity index (χ0v) is 7.48. The molecule has 2 rings (SSSR count). The Morgan fingerprint density at radius 1 is 1.36 bits per heavy atom. The van der Waals surface area contributed by atoms with E-state index in [0.717, 1.165) is 6.07 Å². The monoisotopic (exact) mass is 215 g/mol. The van der Waals surface area contributed by atoms with Crippen molar-refractivity contribution >= 4 is 27.1 Å². The van der Waals surface area contributed by atoms with Crippen molar-refractivity contribution in [1.82, 2.24) is 0 Å². The Balaban J connectivity index is 2.93. The molecule has 0 spiro atoms. The molecule has 0 saturated heterocycles. The molecule has 6 heteroatoms. The van der Waals surface area contributed by atoms with E-state index in [-0.39, 0.29) is 10.1 Å². The van der Waals surface area contributed by atoms with Gasteiger partial charge in [0, 0.05) is 4.70 Å². The van der Waals surface area contributed by atoms with Crippen LogP contribution in [0, 0.1) is 21.1 Å². The number of nitro groups is 1. The summed E-state index contributed by atoms with van der Waals surface area (Å²) in [6, 6.07) is 3.90. The van der Waals surface area contributed by atoms with Gasteiger partial charge in [0.05, 0.1) is 4.92 Å². The number of fused-ring (bicyclic) bond motifs is 1. The van der Waals surface area contributed by atoms with Crippen LogP contribution in [0.25, 0.3) is 10.1 Å². The van der Waals surface area contributed by atoms with Crippen LogP contribution in [0.3, 0.4) is 0 Å². The smallest absolute Gasteiger partial charge is 0.258 e. The van der Waals surface area contributed by atoms with E-state index >= 15 is 0 Å². The number of benzene rings is 1. The normalized spacial score (nSPS) is 10.7. The first-order valence-electron chi connectivity index (χ1n) is 3.62. The van der Waals surface area contributed by atoms with Crippen molar-refractivity contribution in [2.75, 3.05) is 0 Å².